The first-order chi connectivity index (χ1) is 14.5. The fourth-order valence-corrected chi connectivity index (χ4v) is 3.98. The highest BCUT2D eigenvalue weighted by molar-refractivity contribution is 6.03. The normalized spacial score (nSPS) is 18.8. The van der Waals surface area contributed by atoms with Crippen molar-refractivity contribution in [1.82, 2.24) is 5.32 Å². The monoisotopic (exact) mass is 415 g/mol. The minimum absolute atomic E-state index is 0.0141. The first kappa shape index (κ1) is 21.9. The molecule has 1 aliphatic heterocycles. The van der Waals surface area contributed by atoms with E-state index in [0.717, 1.165) is 18.5 Å². The summed E-state index contributed by atoms with van der Waals surface area (Å²) in [7, 11) is 0. The Morgan fingerprint density at radius 2 is 2.00 bits per heavy atom. The van der Waals surface area contributed by atoms with Crippen LogP contribution in [0.5, 0.6) is 11.5 Å². The fourth-order valence-electron chi connectivity index (χ4n) is 3.98. The number of benzene rings is 1. The van der Waals surface area contributed by atoms with Crippen molar-refractivity contribution in [3.05, 3.63) is 46.3 Å². The fraction of sp³-hybridized carbons (Fsp3) is 0.478. The molecular weight excluding hydrogens is 386 g/mol. The molecule has 2 aliphatic rings. The molecule has 1 aromatic rings. The molecule has 0 unspecified atom stereocenters. The SMILES string of the molecule is CCOCCOC(=O)C1=C(C)NC2=C(C(=O)CCC2)[C@H]1c1ccc(O)c(OCC)c1. The average Bonchev–Trinajstić information content (AvgIpc) is 2.72. The molecule has 1 aromatic carbocycles. The van der Waals surface area contributed by atoms with E-state index >= 15 is 0 Å². The van der Waals surface area contributed by atoms with Crippen LogP contribution in [0.3, 0.4) is 0 Å². The first-order valence-corrected chi connectivity index (χ1v) is 10.4. The van der Waals surface area contributed by atoms with Crippen LogP contribution in [0.25, 0.3) is 0 Å². The summed E-state index contributed by atoms with van der Waals surface area (Å²) in [4.78, 5) is 25.9. The number of phenolic OH excluding ortho intramolecular Hbond substituents is 1. The van der Waals surface area contributed by atoms with Crippen LogP contribution in [0.1, 0.15) is 51.5 Å². The van der Waals surface area contributed by atoms with E-state index < -0.39 is 11.9 Å². The summed E-state index contributed by atoms with van der Waals surface area (Å²) >= 11 is 0. The number of Topliss-reactive ketones (excluding diaryl/α,β-unsaturated/α-hetero) is 1. The highest BCUT2D eigenvalue weighted by Gasteiger charge is 2.39. The number of aromatic hydroxyl groups is 1. The Bertz CT molecular complexity index is 886. The predicted molar refractivity (Wildman–Crippen MR) is 111 cm³/mol. The molecular formula is C23H29NO6. The Morgan fingerprint density at radius 3 is 2.73 bits per heavy atom. The van der Waals surface area contributed by atoms with Crippen LogP contribution in [0.15, 0.2) is 40.7 Å². The Kier molecular flexibility index (Phi) is 7.15. The lowest BCUT2D eigenvalue weighted by atomic mass is 9.75. The van der Waals surface area contributed by atoms with Gasteiger partial charge in [0.05, 0.1) is 18.8 Å². The van der Waals surface area contributed by atoms with E-state index in [9.17, 15) is 14.7 Å². The van der Waals surface area contributed by atoms with E-state index in [2.05, 4.69) is 5.32 Å². The lowest BCUT2D eigenvalue weighted by molar-refractivity contribution is -0.140. The van der Waals surface area contributed by atoms with Crippen molar-refractivity contribution in [1.29, 1.82) is 0 Å². The molecule has 3 rings (SSSR count). The summed E-state index contributed by atoms with van der Waals surface area (Å²) in [5.41, 5.74) is 3.22. The number of nitrogens with one attached hydrogen (secondary N) is 1. The number of dihydropyridines is 1. The Morgan fingerprint density at radius 1 is 1.20 bits per heavy atom. The Balaban J connectivity index is 2.03. The predicted octanol–water partition coefficient (Wildman–Crippen LogP) is 3.34. The average molecular weight is 415 g/mol. The van der Waals surface area contributed by atoms with Crippen LogP contribution >= 0.6 is 0 Å². The highest BCUT2D eigenvalue weighted by Crippen LogP contribution is 2.44. The van der Waals surface area contributed by atoms with Crippen LogP contribution in [0, 0.1) is 0 Å². The number of hydrogen-bond donors (Lipinski definition) is 2. The van der Waals surface area contributed by atoms with E-state index in [1.807, 2.05) is 20.8 Å². The van der Waals surface area contributed by atoms with Crippen molar-refractivity contribution < 1.29 is 28.9 Å². The van der Waals surface area contributed by atoms with Gasteiger partial charge in [-0.3, -0.25) is 4.79 Å². The van der Waals surface area contributed by atoms with Crippen LogP contribution < -0.4 is 10.1 Å². The molecule has 0 aromatic heterocycles. The second-order valence-corrected chi connectivity index (χ2v) is 7.26. The summed E-state index contributed by atoms with van der Waals surface area (Å²) in [6.07, 6.45) is 1.97. The van der Waals surface area contributed by atoms with Crippen LogP contribution in [-0.2, 0) is 19.1 Å². The van der Waals surface area contributed by atoms with Gasteiger partial charge in [-0.2, -0.15) is 0 Å². The largest absolute Gasteiger partial charge is 0.504 e. The summed E-state index contributed by atoms with van der Waals surface area (Å²) in [6, 6.07) is 4.95. The second-order valence-electron chi connectivity index (χ2n) is 7.26. The van der Waals surface area contributed by atoms with Gasteiger partial charge in [-0.1, -0.05) is 6.07 Å². The number of allylic oxidation sites excluding steroid dienone is 3. The van der Waals surface area contributed by atoms with E-state index in [0.29, 0.717) is 54.4 Å². The number of rotatable bonds is 8. The van der Waals surface area contributed by atoms with Gasteiger partial charge < -0.3 is 24.6 Å². The number of hydrogen-bond acceptors (Lipinski definition) is 7. The van der Waals surface area contributed by atoms with Crippen molar-refractivity contribution in [3.8, 4) is 11.5 Å². The number of carbonyl (C=O) groups excluding carboxylic acids is 2. The summed E-state index contributed by atoms with van der Waals surface area (Å²) in [5.74, 6) is -0.707. The molecule has 0 saturated heterocycles. The number of carbonyl (C=O) groups is 2. The topological polar surface area (TPSA) is 94.1 Å². The van der Waals surface area contributed by atoms with E-state index in [1.165, 1.54) is 6.07 Å². The number of ketones is 1. The maximum Gasteiger partial charge on any atom is 0.336 e. The van der Waals surface area contributed by atoms with Crippen LogP contribution in [-0.4, -0.2) is 43.3 Å². The lowest BCUT2D eigenvalue weighted by Gasteiger charge is -2.34. The van der Waals surface area contributed by atoms with Gasteiger partial charge in [0, 0.05) is 35.9 Å². The van der Waals surface area contributed by atoms with Crippen molar-refractivity contribution in [2.75, 3.05) is 26.4 Å². The molecule has 1 heterocycles. The van der Waals surface area contributed by atoms with Crippen molar-refractivity contribution in [2.45, 2.75) is 46.0 Å². The lowest BCUT2D eigenvalue weighted by Crippen LogP contribution is -2.34. The van der Waals surface area contributed by atoms with Gasteiger partial charge in [0.15, 0.2) is 17.3 Å². The Hall–Kier alpha value is -2.80. The molecule has 0 bridgehead atoms. The molecule has 0 radical (unpaired) electrons. The molecule has 0 fully saturated rings. The first-order valence-electron chi connectivity index (χ1n) is 10.4. The summed E-state index contributed by atoms with van der Waals surface area (Å²) < 4.78 is 16.2. The molecule has 7 heteroatoms. The third-order valence-corrected chi connectivity index (χ3v) is 5.28. The van der Waals surface area contributed by atoms with Gasteiger partial charge in [-0.15, -0.1) is 0 Å². The van der Waals surface area contributed by atoms with E-state index in [1.54, 1.807) is 12.1 Å². The maximum absolute atomic E-state index is 13.0. The van der Waals surface area contributed by atoms with Gasteiger partial charge in [-0.05, 0) is 51.3 Å². The molecule has 2 N–H and O–H groups in total. The minimum atomic E-state index is -0.576. The minimum Gasteiger partial charge on any atom is -0.504 e. The van der Waals surface area contributed by atoms with Crippen LogP contribution in [0.4, 0.5) is 0 Å². The zero-order valence-corrected chi connectivity index (χ0v) is 17.7. The van der Waals surface area contributed by atoms with Gasteiger partial charge in [0.1, 0.15) is 6.61 Å². The second kappa shape index (κ2) is 9.80. The van der Waals surface area contributed by atoms with Crippen molar-refractivity contribution >= 4 is 11.8 Å². The highest BCUT2D eigenvalue weighted by atomic mass is 16.6. The van der Waals surface area contributed by atoms with Gasteiger partial charge in [-0.25, -0.2) is 4.79 Å². The molecule has 30 heavy (non-hydrogen) atoms. The molecule has 162 valence electrons. The molecule has 0 spiro atoms. The van der Waals surface area contributed by atoms with E-state index in [-0.39, 0.29) is 18.1 Å². The quantitative estimate of drug-likeness (QED) is 0.497. The zero-order valence-electron chi connectivity index (χ0n) is 17.7. The number of esters is 1. The Labute approximate surface area is 176 Å². The molecule has 1 atom stereocenters. The standard InChI is InChI=1S/C23H29NO6/c1-4-28-11-12-30-23(27)20-14(3)24-16-7-6-8-18(26)22(16)21(20)15-9-10-17(25)19(13-15)29-5-2/h9-10,13,21,24-25H,4-8,11-12H2,1-3H3/t21-/m0/s1. The van der Waals surface area contributed by atoms with Gasteiger partial charge in [0.2, 0.25) is 0 Å². The molecule has 1 aliphatic carbocycles. The molecule has 0 amide bonds. The van der Waals surface area contributed by atoms with Crippen molar-refractivity contribution in [2.24, 2.45) is 0 Å². The maximum atomic E-state index is 13.0. The molecule has 0 saturated carbocycles. The van der Waals surface area contributed by atoms with E-state index in [4.69, 9.17) is 14.2 Å². The third-order valence-electron chi connectivity index (χ3n) is 5.28. The third kappa shape index (κ3) is 4.51. The summed E-state index contributed by atoms with van der Waals surface area (Å²) in [5, 5.41) is 13.4. The van der Waals surface area contributed by atoms with Crippen LogP contribution in [0.2, 0.25) is 0 Å². The van der Waals surface area contributed by atoms with Gasteiger partial charge in [0.25, 0.3) is 0 Å². The molecule has 7 nitrogen and oxygen atoms in total. The smallest absolute Gasteiger partial charge is 0.336 e. The number of phenols is 1. The number of ether oxygens (including phenoxy) is 3. The van der Waals surface area contributed by atoms with Crippen molar-refractivity contribution in [3.63, 3.8) is 0 Å². The van der Waals surface area contributed by atoms with Gasteiger partial charge >= 0.3 is 5.97 Å². The zero-order chi connectivity index (χ0) is 21.7. The summed E-state index contributed by atoms with van der Waals surface area (Å²) in [6.45, 7) is 6.90.